The van der Waals surface area contributed by atoms with Gasteiger partial charge in [-0.15, -0.1) is 11.8 Å². The molecule has 11 heteroatoms. The maximum absolute atomic E-state index is 13.4. The average molecular weight is 610 g/mol. The molecule has 3 N–H and O–H groups in total. The van der Waals surface area contributed by atoms with Gasteiger partial charge in [0, 0.05) is 37.8 Å². The van der Waals surface area contributed by atoms with Crippen LogP contribution >= 0.6 is 35.0 Å². The van der Waals surface area contributed by atoms with Crippen LogP contribution in [0.5, 0.6) is 0 Å². The Morgan fingerprint density at radius 2 is 1.66 bits per heavy atom. The zero-order valence-corrected chi connectivity index (χ0v) is 24.4. The average Bonchev–Trinajstić information content (AvgIpc) is 3.37. The van der Waals surface area contributed by atoms with Crippen molar-refractivity contribution in [1.29, 1.82) is 0 Å². The number of nitrogens with zero attached hydrogens (tertiary/aromatic N) is 1. The van der Waals surface area contributed by atoms with E-state index >= 15 is 0 Å². The minimum Gasteiger partial charge on any atom is -0.360 e. The number of aryl methyl sites for hydroxylation is 1. The second-order valence-electron chi connectivity index (χ2n) is 8.82. The maximum Gasteiger partial charge on any atom is 0.272 e. The Bertz CT molecular complexity index is 1570. The summed E-state index contributed by atoms with van der Waals surface area (Å²) in [4.78, 5) is 39.9. The van der Waals surface area contributed by atoms with E-state index < -0.39 is 17.1 Å². The first-order valence-corrected chi connectivity index (χ1v) is 14.2. The van der Waals surface area contributed by atoms with Crippen molar-refractivity contribution in [3.05, 3.63) is 111 Å². The Morgan fingerprint density at radius 3 is 2.32 bits per heavy atom. The van der Waals surface area contributed by atoms with E-state index in [0.717, 1.165) is 4.90 Å². The summed E-state index contributed by atoms with van der Waals surface area (Å²) in [5.41, 5.74) is 1.17. The van der Waals surface area contributed by atoms with E-state index in [0.29, 0.717) is 44.9 Å². The number of anilines is 2. The van der Waals surface area contributed by atoms with Crippen LogP contribution in [0.2, 0.25) is 10.0 Å². The lowest BCUT2D eigenvalue weighted by Gasteiger charge is -2.15. The normalized spacial score (nSPS) is 12.0. The highest BCUT2D eigenvalue weighted by molar-refractivity contribution is 8.00. The number of carbonyl (C=O) groups excluding carboxylic acids is 3. The number of amides is 3. The molecule has 0 aliphatic carbocycles. The molecule has 4 aromatic rings. The van der Waals surface area contributed by atoms with Gasteiger partial charge in [-0.25, -0.2) is 0 Å². The molecule has 4 rings (SSSR count). The molecule has 210 valence electrons. The van der Waals surface area contributed by atoms with Gasteiger partial charge in [-0.2, -0.15) is 0 Å². The first-order valence-electron chi connectivity index (χ1n) is 12.6. The minimum absolute atomic E-state index is 0.0550. The second-order valence-corrected chi connectivity index (χ2v) is 10.9. The van der Waals surface area contributed by atoms with Crippen LogP contribution in [-0.4, -0.2) is 28.1 Å². The number of benzene rings is 3. The summed E-state index contributed by atoms with van der Waals surface area (Å²) in [6.07, 6.45) is 1.99. The minimum atomic E-state index is -0.585. The topological polar surface area (TPSA) is 113 Å². The fourth-order valence-corrected chi connectivity index (χ4v) is 5.22. The number of hydrogen-bond acceptors (Lipinski definition) is 6. The van der Waals surface area contributed by atoms with Crippen LogP contribution in [0.3, 0.4) is 0 Å². The second kappa shape index (κ2) is 14.0. The zero-order valence-electron chi connectivity index (χ0n) is 22.1. The molecule has 0 aliphatic heterocycles. The first-order chi connectivity index (χ1) is 19.7. The van der Waals surface area contributed by atoms with Crippen molar-refractivity contribution in [2.24, 2.45) is 0 Å². The summed E-state index contributed by atoms with van der Waals surface area (Å²) in [5.74, 6) is -0.333. The molecule has 1 heterocycles. The summed E-state index contributed by atoms with van der Waals surface area (Å²) < 4.78 is 5.01. The van der Waals surface area contributed by atoms with Crippen molar-refractivity contribution in [2.75, 3.05) is 10.6 Å². The van der Waals surface area contributed by atoms with Gasteiger partial charge < -0.3 is 20.5 Å². The molecule has 41 heavy (non-hydrogen) atoms. The Kier molecular flexibility index (Phi) is 10.2. The molecule has 0 bridgehead atoms. The van der Waals surface area contributed by atoms with Crippen molar-refractivity contribution in [2.45, 2.75) is 30.4 Å². The molecule has 8 nitrogen and oxygen atoms in total. The van der Waals surface area contributed by atoms with Crippen molar-refractivity contribution < 1.29 is 18.9 Å². The van der Waals surface area contributed by atoms with Crippen LogP contribution in [0.1, 0.15) is 35.0 Å². The van der Waals surface area contributed by atoms with Gasteiger partial charge in [-0.1, -0.05) is 65.6 Å². The van der Waals surface area contributed by atoms with E-state index in [2.05, 4.69) is 21.1 Å². The van der Waals surface area contributed by atoms with Crippen LogP contribution in [0.25, 0.3) is 6.08 Å². The first kappa shape index (κ1) is 29.9. The third kappa shape index (κ3) is 8.23. The summed E-state index contributed by atoms with van der Waals surface area (Å²) in [6, 6.07) is 22.2. The lowest BCUT2D eigenvalue weighted by atomic mass is 10.1. The van der Waals surface area contributed by atoms with Crippen molar-refractivity contribution in [3.63, 3.8) is 0 Å². The van der Waals surface area contributed by atoms with Gasteiger partial charge in [0.2, 0.25) is 5.91 Å². The molecule has 1 atom stereocenters. The predicted molar refractivity (Wildman–Crippen MR) is 163 cm³/mol. The molecule has 3 aromatic carbocycles. The van der Waals surface area contributed by atoms with Crippen LogP contribution in [0.15, 0.2) is 94.0 Å². The quantitative estimate of drug-likeness (QED) is 0.129. The summed E-state index contributed by atoms with van der Waals surface area (Å²) in [7, 11) is 0. The number of hydrogen-bond donors (Lipinski definition) is 3. The number of carbonyl (C=O) groups is 3. The molecule has 0 spiro atoms. The third-order valence-corrected chi connectivity index (χ3v) is 7.75. The maximum atomic E-state index is 13.4. The summed E-state index contributed by atoms with van der Waals surface area (Å²) in [5, 5.41) is 12.3. The van der Waals surface area contributed by atoms with E-state index in [4.69, 9.17) is 27.7 Å². The molecule has 0 saturated carbocycles. The molecule has 0 fully saturated rings. The fraction of sp³-hybridized carbons (Fsp3) is 0.133. The largest absolute Gasteiger partial charge is 0.360 e. The number of rotatable bonds is 10. The molecule has 0 radical (unpaired) electrons. The number of thioether (sulfide) groups is 1. The zero-order chi connectivity index (χ0) is 29.4. The van der Waals surface area contributed by atoms with E-state index in [-0.39, 0.29) is 11.6 Å². The van der Waals surface area contributed by atoms with Gasteiger partial charge in [0.25, 0.3) is 11.8 Å². The third-order valence-electron chi connectivity index (χ3n) is 5.73. The van der Waals surface area contributed by atoms with Gasteiger partial charge in [0.1, 0.15) is 11.5 Å². The monoisotopic (exact) mass is 608 g/mol. The van der Waals surface area contributed by atoms with E-state index in [1.54, 1.807) is 79.7 Å². The number of aromatic nitrogens is 1. The van der Waals surface area contributed by atoms with Crippen LogP contribution < -0.4 is 16.0 Å². The highest BCUT2D eigenvalue weighted by atomic mass is 35.5. The molecule has 1 unspecified atom stereocenters. The van der Waals surface area contributed by atoms with Gasteiger partial charge >= 0.3 is 0 Å². The van der Waals surface area contributed by atoms with E-state index in [9.17, 15) is 14.4 Å². The molecule has 3 amide bonds. The standard InChI is InChI=1S/C30H26Cl2N4O4S/c1-3-26(30(39)35-27-15-18(2)40-36-27)41-21-12-7-11-20(16-21)33-29(38)25(17-22-23(31)13-8-14-24(22)32)34-28(37)19-9-5-4-6-10-19/h4-17,26H,3H2,1-2H3,(H,33,38)(H,34,37)(H,35,36,39)/b25-17+. The Labute approximate surface area is 251 Å². The molecular formula is C30H26Cl2N4O4S. The van der Waals surface area contributed by atoms with E-state index in [1.165, 1.54) is 17.8 Å². The number of nitrogens with one attached hydrogen (secondary N) is 3. The molecular weight excluding hydrogens is 583 g/mol. The SMILES string of the molecule is CCC(Sc1cccc(NC(=O)/C(=C\c2c(Cl)cccc2Cl)NC(=O)c2ccccc2)c1)C(=O)Nc1cc(C)on1. The van der Waals surface area contributed by atoms with Gasteiger partial charge in [0.15, 0.2) is 5.82 Å². The van der Waals surface area contributed by atoms with Crippen molar-refractivity contribution in [3.8, 4) is 0 Å². The summed E-state index contributed by atoms with van der Waals surface area (Å²) >= 11 is 14.0. The molecule has 1 aromatic heterocycles. The highest BCUT2D eigenvalue weighted by Crippen LogP contribution is 2.30. The molecule has 0 saturated heterocycles. The van der Waals surface area contributed by atoms with Crippen LogP contribution in [0.4, 0.5) is 11.5 Å². The highest BCUT2D eigenvalue weighted by Gasteiger charge is 2.21. The van der Waals surface area contributed by atoms with Crippen molar-refractivity contribution >= 4 is 70.3 Å². The number of halogens is 2. The Balaban J connectivity index is 1.53. The lowest BCUT2D eigenvalue weighted by Crippen LogP contribution is -2.30. The Morgan fingerprint density at radius 1 is 0.951 bits per heavy atom. The lowest BCUT2D eigenvalue weighted by molar-refractivity contribution is -0.116. The van der Waals surface area contributed by atoms with E-state index in [1.807, 2.05) is 13.0 Å². The van der Waals surface area contributed by atoms with Crippen LogP contribution in [-0.2, 0) is 9.59 Å². The van der Waals surface area contributed by atoms with Gasteiger partial charge in [-0.3, -0.25) is 14.4 Å². The Hall–Kier alpha value is -4.05. The van der Waals surface area contributed by atoms with Crippen molar-refractivity contribution in [1.82, 2.24) is 10.5 Å². The summed E-state index contributed by atoms with van der Waals surface area (Å²) in [6.45, 7) is 3.65. The van der Waals surface area contributed by atoms with Gasteiger partial charge in [0.05, 0.1) is 5.25 Å². The smallest absolute Gasteiger partial charge is 0.272 e. The fourth-order valence-electron chi connectivity index (χ4n) is 3.70. The molecule has 0 aliphatic rings. The predicted octanol–water partition coefficient (Wildman–Crippen LogP) is 7.21. The van der Waals surface area contributed by atoms with Gasteiger partial charge in [-0.05, 0) is 61.9 Å². The van der Waals surface area contributed by atoms with Crippen LogP contribution in [0, 0.1) is 6.92 Å².